The van der Waals surface area contributed by atoms with Crippen molar-refractivity contribution in [2.24, 2.45) is 0 Å². The molecule has 0 amide bonds. The summed E-state index contributed by atoms with van der Waals surface area (Å²) in [6.45, 7) is 3.54. The van der Waals surface area contributed by atoms with E-state index in [0.717, 1.165) is 5.56 Å². The van der Waals surface area contributed by atoms with Crippen LogP contribution in [0.3, 0.4) is 0 Å². The van der Waals surface area contributed by atoms with Crippen LogP contribution in [-0.4, -0.2) is 18.1 Å². The fraction of sp³-hybridized carbons (Fsp3) is 0.417. The molecule has 0 aliphatic heterocycles. The van der Waals surface area contributed by atoms with Crippen LogP contribution in [0.2, 0.25) is 0 Å². The summed E-state index contributed by atoms with van der Waals surface area (Å²) >= 11 is 0. The zero-order valence-electron chi connectivity index (χ0n) is 9.84. The molecule has 5 nitrogen and oxygen atoms in total. The molecule has 0 N–H and O–H groups in total. The average molecular weight is 234 g/mol. The zero-order valence-corrected chi connectivity index (χ0v) is 9.84. The normalized spacial score (nSPS) is 10.9. The highest BCUT2D eigenvalue weighted by molar-refractivity contribution is 5.33. The Kier molecular flexibility index (Phi) is 4.18. The van der Waals surface area contributed by atoms with E-state index in [1.807, 2.05) is 19.9 Å². The van der Waals surface area contributed by atoms with E-state index in [1.54, 1.807) is 24.3 Å². The Morgan fingerprint density at radius 1 is 1.41 bits per heavy atom. The largest absolute Gasteiger partial charge is 0.364 e. The molecule has 1 rings (SSSR count). The molecule has 0 heterocycles. The second kappa shape index (κ2) is 5.41. The number of hydrogen-bond acceptors (Lipinski definition) is 4. The van der Waals surface area contributed by atoms with Gasteiger partial charge in [0.1, 0.15) is 6.61 Å². The maximum Gasteiger partial charge on any atom is 0.226 e. The first-order valence-corrected chi connectivity index (χ1v) is 5.22. The molecule has 0 fully saturated rings. The van der Waals surface area contributed by atoms with Gasteiger partial charge in [0.25, 0.3) is 0 Å². The smallest absolute Gasteiger partial charge is 0.226 e. The maximum absolute atomic E-state index is 10.2. The topological polar surface area (TPSA) is 76.2 Å². The molecule has 0 aliphatic carbocycles. The first-order valence-electron chi connectivity index (χ1n) is 5.22. The van der Waals surface area contributed by atoms with E-state index in [2.05, 4.69) is 0 Å². The Bertz CT molecular complexity index is 432. The minimum Gasteiger partial charge on any atom is -0.364 e. The lowest BCUT2D eigenvalue weighted by Gasteiger charge is -2.25. The van der Waals surface area contributed by atoms with Crippen molar-refractivity contribution in [2.75, 3.05) is 13.2 Å². The number of rotatable bonds is 5. The first-order chi connectivity index (χ1) is 7.95. The molecule has 1 aromatic rings. The Balaban J connectivity index is 2.68. The van der Waals surface area contributed by atoms with E-state index >= 15 is 0 Å². The molecular formula is C12H14N2O3. The molecule has 0 unspecified atom stereocenters. The molecule has 0 spiro atoms. The van der Waals surface area contributed by atoms with Crippen molar-refractivity contribution in [3.05, 3.63) is 45.5 Å². The predicted molar refractivity (Wildman–Crippen MR) is 62.0 cm³/mol. The van der Waals surface area contributed by atoms with Crippen LogP contribution in [0.5, 0.6) is 0 Å². The van der Waals surface area contributed by atoms with Crippen LogP contribution >= 0.6 is 0 Å². The van der Waals surface area contributed by atoms with Crippen LogP contribution in [0.15, 0.2) is 24.3 Å². The molecule has 0 bridgehead atoms. The third-order valence-electron chi connectivity index (χ3n) is 2.45. The van der Waals surface area contributed by atoms with Gasteiger partial charge in [-0.1, -0.05) is 12.1 Å². The van der Waals surface area contributed by atoms with Gasteiger partial charge in [-0.05, 0) is 31.5 Å². The molecule has 17 heavy (non-hydrogen) atoms. The van der Waals surface area contributed by atoms with Gasteiger partial charge in [-0.15, -0.1) is 0 Å². The molecule has 5 heteroatoms. The molecule has 0 aromatic heterocycles. The quantitative estimate of drug-likeness (QED) is 0.577. The van der Waals surface area contributed by atoms with Gasteiger partial charge in [0.15, 0.2) is 0 Å². The van der Waals surface area contributed by atoms with Crippen LogP contribution in [0.25, 0.3) is 0 Å². The summed E-state index contributed by atoms with van der Waals surface area (Å²) < 4.78 is 5.48. The molecule has 0 aliphatic rings. The number of hydrogen-bond donors (Lipinski definition) is 0. The Morgan fingerprint density at radius 2 is 2.00 bits per heavy atom. The first kappa shape index (κ1) is 13.1. The van der Waals surface area contributed by atoms with Crippen molar-refractivity contribution in [3.8, 4) is 6.07 Å². The van der Waals surface area contributed by atoms with Gasteiger partial charge in [-0.3, -0.25) is 10.1 Å². The number of nitro groups is 1. The van der Waals surface area contributed by atoms with Crippen LogP contribution in [-0.2, 0) is 10.3 Å². The molecule has 0 saturated heterocycles. The van der Waals surface area contributed by atoms with Crippen molar-refractivity contribution in [2.45, 2.75) is 19.4 Å². The molecule has 90 valence electrons. The Hall–Kier alpha value is -1.93. The lowest BCUT2D eigenvalue weighted by molar-refractivity contribution is -0.485. The second-order valence-corrected chi connectivity index (χ2v) is 4.10. The zero-order chi connectivity index (χ0) is 12.9. The minimum absolute atomic E-state index is 0.0694. The molecule has 0 radical (unpaired) electrons. The fourth-order valence-corrected chi connectivity index (χ4v) is 1.40. The van der Waals surface area contributed by atoms with Crippen LogP contribution in [0, 0.1) is 21.4 Å². The molecule has 0 saturated carbocycles. The summed E-state index contributed by atoms with van der Waals surface area (Å²) in [5, 5.41) is 18.9. The number of nitriles is 1. The van der Waals surface area contributed by atoms with Crippen molar-refractivity contribution < 1.29 is 9.66 Å². The van der Waals surface area contributed by atoms with Gasteiger partial charge in [0.2, 0.25) is 6.54 Å². The minimum atomic E-state index is -0.593. The third-order valence-corrected chi connectivity index (χ3v) is 2.45. The Morgan fingerprint density at radius 3 is 2.47 bits per heavy atom. The van der Waals surface area contributed by atoms with Crippen molar-refractivity contribution in [1.82, 2.24) is 0 Å². The lowest BCUT2D eigenvalue weighted by Crippen LogP contribution is -2.24. The number of benzene rings is 1. The van der Waals surface area contributed by atoms with Crippen LogP contribution in [0.4, 0.5) is 0 Å². The van der Waals surface area contributed by atoms with E-state index in [9.17, 15) is 10.1 Å². The van der Waals surface area contributed by atoms with E-state index in [4.69, 9.17) is 10.00 Å². The molecule has 1 aromatic carbocycles. The van der Waals surface area contributed by atoms with Crippen LogP contribution < -0.4 is 0 Å². The molecular weight excluding hydrogens is 220 g/mol. The summed E-state index contributed by atoms with van der Waals surface area (Å²) in [5.74, 6) is 0. The monoisotopic (exact) mass is 234 g/mol. The van der Waals surface area contributed by atoms with Gasteiger partial charge in [-0.25, -0.2) is 0 Å². The predicted octanol–water partition coefficient (Wildman–Crippen LogP) is 2.09. The summed E-state index contributed by atoms with van der Waals surface area (Å²) in [6, 6.07) is 9.03. The Labute approximate surface area is 99.8 Å². The van der Waals surface area contributed by atoms with E-state index in [-0.39, 0.29) is 13.2 Å². The number of nitrogens with zero attached hydrogens (tertiary/aromatic N) is 2. The highest BCUT2D eigenvalue weighted by Crippen LogP contribution is 2.24. The average Bonchev–Trinajstić information content (AvgIpc) is 2.28. The van der Waals surface area contributed by atoms with E-state index in [1.165, 1.54) is 0 Å². The number of ether oxygens (including phenoxy) is 1. The van der Waals surface area contributed by atoms with E-state index in [0.29, 0.717) is 5.56 Å². The summed E-state index contributed by atoms with van der Waals surface area (Å²) in [5.41, 5.74) is 0.874. The summed E-state index contributed by atoms with van der Waals surface area (Å²) in [6.07, 6.45) is 0. The van der Waals surface area contributed by atoms with Crippen molar-refractivity contribution >= 4 is 0 Å². The maximum atomic E-state index is 10.2. The highest BCUT2D eigenvalue weighted by atomic mass is 16.6. The van der Waals surface area contributed by atoms with Crippen LogP contribution in [0.1, 0.15) is 25.0 Å². The van der Waals surface area contributed by atoms with Gasteiger partial charge in [0.05, 0.1) is 17.2 Å². The van der Waals surface area contributed by atoms with Gasteiger partial charge in [-0.2, -0.15) is 5.26 Å². The summed E-state index contributed by atoms with van der Waals surface area (Å²) in [4.78, 5) is 9.79. The highest BCUT2D eigenvalue weighted by Gasteiger charge is 2.21. The third kappa shape index (κ3) is 3.85. The fourth-order valence-electron chi connectivity index (χ4n) is 1.40. The van der Waals surface area contributed by atoms with Gasteiger partial charge in [0, 0.05) is 4.92 Å². The van der Waals surface area contributed by atoms with E-state index < -0.39 is 10.5 Å². The standard InChI is InChI=1S/C12H14N2O3/c1-12(2,17-8-7-14(15)16)11-5-3-10(9-13)4-6-11/h3-6H,7-8H2,1-2H3. The molecule has 0 atom stereocenters. The SMILES string of the molecule is CC(C)(OCC[N+](=O)[O-])c1ccc(C#N)cc1. The second-order valence-electron chi connectivity index (χ2n) is 4.10. The lowest BCUT2D eigenvalue weighted by atomic mass is 9.97. The van der Waals surface area contributed by atoms with Gasteiger partial charge < -0.3 is 4.74 Å². The van der Waals surface area contributed by atoms with Gasteiger partial charge >= 0.3 is 0 Å². The van der Waals surface area contributed by atoms with Crippen molar-refractivity contribution in [3.63, 3.8) is 0 Å². The summed E-state index contributed by atoms with van der Waals surface area (Å²) in [7, 11) is 0. The van der Waals surface area contributed by atoms with Crippen molar-refractivity contribution in [1.29, 1.82) is 5.26 Å².